The number of carboxylic acids is 1. The van der Waals surface area contributed by atoms with Crippen molar-refractivity contribution < 1.29 is 14.7 Å². The molecule has 1 aliphatic carbocycles. The molecule has 1 N–H and O–H groups in total. The molecule has 1 aliphatic heterocycles. The van der Waals surface area contributed by atoms with Crippen LogP contribution < -0.4 is 0 Å². The Morgan fingerprint density at radius 2 is 2.20 bits per heavy atom. The lowest BCUT2D eigenvalue weighted by molar-refractivity contribution is -0.141. The van der Waals surface area contributed by atoms with Crippen molar-refractivity contribution in [2.75, 3.05) is 19.3 Å². The van der Waals surface area contributed by atoms with Crippen molar-refractivity contribution >= 4 is 23.8 Å². The van der Waals surface area contributed by atoms with E-state index in [4.69, 9.17) is 5.26 Å². The summed E-state index contributed by atoms with van der Waals surface area (Å²) in [6.45, 7) is 2.07. The van der Waals surface area contributed by atoms with E-state index < -0.39 is 12.0 Å². The minimum absolute atomic E-state index is 0.0246. The first-order valence-corrected chi connectivity index (χ1v) is 7.78. The predicted octanol–water partition coefficient (Wildman–Crippen LogP) is 1.44. The monoisotopic (exact) mass is 297 g/mol. The average Bonchev–Trinajstić information content (AvgIpc) is 3.15. The lowest BCUT2D eigenvalue weighted by Gasteiger charge is -2.32. The Labute approximate surface area is 122 Å². The number of hydrogen-bond acceptors (Lipinski definition) is 4. The molecule has 3 unspecified atom stereocenters. The zero-order valence-corrected chi connectivity index (χ0v) is 12.5. The van der Waals surface area contributed by atoms with Crippen LogP contribution in [0.2, 0.25) is 0 Å². The third-order valence-electron chi connectivity index (χ3n) is 3.66. The van der Waals surface area contributed by atoms with Gasteiger partial charge in [0.25, 0.3) is 0 Å². The second-order valence-electron chi connectivity index (χ2n) is 5.52. The van der Waals surface area contributed by atoms with E-state index in [9.17, 15) is 14.7 Å². The highest BCUT2D eigenvalue weighted by atomic mass is 32.2. The number of aliphatic carboxylic acids is 1. The molecule has 2 fully saturated rings. The van der Waals surface area contributed by atoms with E-state index in [1.54, 1.807) is 25.7 Å². The van der Waals surface area contributed by atoms with Gasteiger partial charge in [-0.15, -0.1) is 11.8 Å². The SMILES string of the molecule is CC(C#N)CN(C)C(=O)N1C(C(=O)O)CSC1C1CC1. The molecule has 110 valence electrons. The fourth-order valence-electron chi connectivity index (χ4n) is 2.43. The van der Waals surface area contributed by atoms with Crippen LogP contribution in [-0.2, 0) is 4.79 Å². The van der Waals surface area contributed by atoms with E-state index in [2.05, 4.69) is 6.07 Å². The summed E-state index contributed by atoms with van der Waals surface area (Å²) in [7, 11) is 1.63. The molecular formula is C13H19N3O3S. The second kappa shape index (κ2) is 5.92. The van der Waals surface area contributed by atoms with Crippen molar-refractivity contribution in [1.82, 2.24) is 9.80 Å². The van der Waals surface area contributed by atoms with Gasteiger partial charge >= 0.3 is 12.0 Å². The molecule has 1 saturated carbocycles. The topological polar surface area (TPSA) is 84.6 Å². The lowest BCUT2D eigenvalue weighted by atomic mass is 10.2. The Morgan fingerprint density at radius 3 is 2.70 bits per heavy atom. The molecule has 0 aromatic carbocycles. The Balaban J connectivity index is 2.10. The summed E-state index contributed by atoms with van der Waals surface area (Å²) in [5.41, 5.74) is 0. The smallest absolute Gasteiger partial charge is 0.327 e. The van der Waals surface area contributed by atoms with Gasteiger partial charge in [0.15, 0.2) is 0 Å². The number of nitriles is 1. The first-order chi connectivity index (χ1) is 9.45. The Morgan fingerprint density at radius 1 is 1.55 bits per heavy atom. The van der Waals surface area contributed by atoms with E-state index in [0.717, 1.165) is 12.8 Å². The predicted molar refractivity (Wildman–Crippen MR) is 75.0 cm³/mol. The zero-order chi connectivity index (χ0) is 14.9. The molecular weight excluding hydrogens is 278 g/mol. The van der Waals surface area contributed by atoms with Crippen molar-refractivity contribution in [1.29, 1.82) is 5.26 Å². The molecule has 0 bridgehead atoms. The third kappa shape index (κ3) is 3.01. The molecule has 0 radical (unpaired) electrons. The summed E-state index contributed by atoms with van der Waals surface area (Å²) in [5, 5.41) is 18.1. The van der Waals surface area contributed by atoms with E-state index >= 15 is 0 Å². The van der Waals surface area contributed by atoms with Crippen molar-refractivity contribution in [3.8, 4) is 6.07 Å². The molecule has 0 spiro atoms. The molecule has 0 aromatic heterocycles. The number of carbonyl (C=O) groups excluding carboxylic acids is 1. The largest absolute Gasteiger partial charge is 0.480 e. The third-order valence-corrected chi connectivity index (χ3v) is 5.12. The van der Waals surface area contributed by atoms with Gasteiger partial charge in [-0.2, -0.15) is 5.26 Å². The summed E-state index contributed by atoms with van der Waals surface area (Å²) in [6, 6.07) is 1.06. The molecule has 1 heterocycles. The normalized spacial score (nSPS) is 26.9. The second-order valence-corrected chi connectivity index (χ2v) is 6.67. The first-order valence-electron chi connectivity index (χ1n) is 6.73. The summed E-state index contributed by atoms with van der Waals surface area (Å²) < 4.78 is 0. The van der Waals surface area contributed by atoms with Gasteiger partial charge in [-0.25, -0.2) is 9.59 Å². The van der Waals surface area contributed by atoms with Crippen LogP contribution >= 0.6 is 11.8 Å². The minimum Gasteiger partial charge on any atom is -0.480 e. The van der Waals surface area contributed by atoms with Crippen LogP contribution in [0.4, 0.5) is 4.79 Å². The van der Waals surface area contributed by atoms with E-state index in [-0.39, 0.29) is 17.3 Å². The molecule has 1 saturated heterocycles. The molecule has 6 nitrogen and oxygen atoms in total. The van der Waals surface area contributed by atoms with Gasteiger partial charge in [0.05, 0.1) is 17.4 Å². The molecule has 3 atom stereocenters. The van der Waals surface area contributed by atoms with Gasteiger partial charge in [-0.1, -0.05) is 0 Å². The molecule has 2 rings (SSSR count). The molecule has 20 heavy (non-hydrogen) atoms. The highest BCUT2D eigenvalue weighted by Gasteiger charge is 2.48. The van der Waals surface area contributed by atoms with Crippen LogP contribution in [-0.4, -0.2) is 57.7 Å². The van der Waals surface area contributed by atoms with Crippen LogP contribution in [0.15, 0.2) is 0 Å². The van der Waals surface area contributed by atoms with Crippen molar-refractivity contribution in [3.63, 3.8) is 0 Å². The fraction of sp³-hybridized carbons (Fsp3) is 0.769. The molecule has 2 amide bonds. The Bertz CT molecular complexity index is 447. The fourth-order valence-corrected chi connectivity index (χ4v) is 4.06. The van der Waals surface area contributed by atoms with E-state index in [1.165, 1.54) is 9.80 Å². The highest BCUT2D eigenvalue weighted by Crippen LogP contribution is 2.45. The lowest BCUT2D eigenvalue weighted by Crippen LogP contribution is -2.51. The van der Waals surface area contributed by atoms with Crippen LogP contribution in [0.5, 0.6) is 0 Å². The molecule has 7 heteroatoms. The maximum atomic E-state index is 12.5. The van der Waals surface area contributed by atoms with E-state index in [0.29, 0.717) is 18.2 Å². The quantitative estimate of drug-likeness (QED) is 0.848. The first kappa shape index (κ1) is 15.0. The van der Waals surface area contributed by atoms with Crippen molar-refractivity contribution in [3.05, 3.63) is 0 Å². The number of urea groups is 1. The number of hydrogen-bond donors (Lipinski definition) is 1. The minimum atomic E-state index is -0.948. The van der Waals surface area contributed by atoms with Gasteiger partial charge in [-0.3, -0.25) is 4.90 Å². The Kier molecular flexibility index (Phi) is 4.43. The van der Waals surface area contributed by atoms with Gasteiger partial charge < -0.3 is 10.0 Å². The van der Waals surface area contributed by atoms with E-state index in [1.807, 2.05) is 0 Å². The number of thioether (sulfide) groups is 1. The van der Waals surface area contributed by atoms with Crippen LogP contribution in [0, 0.1) is 23.2 Å². The summed E-state index contributed by atoms with van der Waals surface area (Å²) in [5.74, 6) is -0.336. The van der Waals surface area contributed by atoms with Crippen LogP contribution in [0.1, 0.15) is 19.8 Å². The van der Waals surface area contributed by atoms with Gasteiger partial charge in [0.1, 0.15) is 6.04 Å². The summed E-state index contributed by atoms with van der Waals surface area (Å²) in [6.07, 6.45) is 2.12. The summed E-state index contributed by atoms with van der Waals surface area (Å²) >= 11 is 1.56. The number of rotatable bonds is 4. The standard InChI is InChI=1S/C13H19N3O3S/c1-8(5-14)6-15(2)13(19)16-10(12(17)18)7-20-11(16)9-3-4-9/h8-11H,3-4,6-7H2,1-2H3,(H,17,18). The number of carboxylic acid groups (broad SMARTS) is 1. The highest BCUT2D eigenvalue weighted by molar-refractivity contribution is 8.00. The van der Waals surface area contributed by atoms with Gasteiger partial charge in [0, 0.05) is 19.3 Å². The van der Waals surface area contributed by atoms with Crippen molar-refractivity contribution in [2.24, 2.45) is 11.8 Å². The molecule has 2 aliphatic rings. The number of nitrogens with zero attached hydrogens (tertiary/aromatic N) is 3. The van der Waals surface area contributed by atoms with Crippen molar-refractivity contribution in [2.45, 2.75) is 31.2 Å². The maximum absolute atomic E-state index is 12.5. The maximum Gasteiger partial charge on any atom is 0.327 e. The number of carbonyl (C=O) groups is 2. The van der Waals surface area contributed by atoms with Crippen LogP contribution in [0.3, 0.4) is 0 Å². The van der Waals surface area contributed by atoms with Gasteiger partial charge in [0.2, 0.25) is 0 Å². The summed E-state index contributed by atoms with van der Waals surface area (Å²) in [4.78, 5) is 26.8. The van der Waals surface area contributed by atoms with Crippen LogP contribution in [0.25, 0.3) is 0 Å². The Hall–Kier alpha value is -1.42. The zero-order valence-electron chi connectivity index (χ0n) is 11.7. The number of amides is 2. The van der Waals surface area contributed by atoms with Gasteiger partial charge in [-0.05, 0) is 25.7 Å². The average molecular weight is 297 g/mol. The molecule has 0 aromatic rings.